The van der Waals surface area contributed by atoms with Gasteiger partial charge in [0.25, 0.3) is 10.0 Å². The Bertz CT molecular complexity index is 1190. The van der Waals surface area contributed by atoms with Crippen molar-refractivity contribution in [2.75, 3.05) is 5.75 Å². The molecular formula is C19H17NO5S2. The van der Waals surface area contributed by atoms with Crippen LogP contribution >= 0.6 is 0 Å². The average molecular weight is 403 g/mol. The molecule has 0 aromatic heterocycles. The van der Waals surface area contributed by atoms with Crippen molar-refractivity contribution < 1.29 is 21.6 Å². The number of nitrogens with zero attached hydrogens (tertiary/aromatic N) is 1. The van der Waals surface area contributed by atoms with E-state index in [0.29, 0.717) is 5.56 Å². The highest BCUT2D eigenvalue weighted by atomic mass is 32.2. The van der Waals surface area contributed by atoms with Gasteiger partial charge < -0.3 is 0 Å². The number of benzene rings is 2. The normalized spacial score (nSPS) is 16.1. The molecule has 0 spiro atoms. The Hall–Kier alpha value is -2.58. The summed E-state index contributed by atoms with van der Waals surface area (Å²) in [5.41, 5.74) is 1.22. The summed E-state index contributed by atoms with van der Waals surface area (Å²) in [7, 11) is -7.91. The Labute approximate surface area is 158 Å². The molecule has 27 heavy (non-hydrogen) atoms. The molecule has 0 radical (unpaired) electrons. The Kier molecular flexibility index (Phi) is 4.88. The summed E-state index contributed by atoms with van der Waals surface area (Å²) < 4.78 is 53.7. The topological polar surface area (TPSA) is 97.7 Å². The number of aryl methyl sites for hydroxylation is 1. The van der Waals surface area contributed by atoms with Gasteiger partial charge in [-0.15, -0.1) is 0 Å². The monoisotopic (exact) mass is 403 g/mol. The second-order valence-electron chi connectivity index (χ2n) is 6.05. The minimum absolute atomic E-state index is 0.0372. The number of fused-ring (bicyclic) bond motifs is 1. The van der Waals surface area contributed by atoms with E-state index in [0.717, 1.165) is 11.6 Å². The maximum Gasteiger partial charge on any atom is 0.253 e. The largest absolute Gasteiger partial charge is 0.288 e. The molecule has 0 amide bonds. The number of hydrogen-bond acceptors (Lipinski definition) is 5. The zero-order valence-electron chi connectivity index (χ0n) is 14.7. The number of allylic oxidation sites excluding steroid dienone is 2. The summed E-state index contributed by atoms with van der Waals surface area (Å²) in [6, 6.07) is 12.3. The van der Waals surface area contributed by atoms with Gasteiger partial charge in [-0.3, -0.25) is 4.79 Å². The lowest BCUT2D eigenvalue weighted by atomic mass is 9.94. The van der Waals surface area contributed by atoms with Crippen molar-refractivity contribution in [3.05, 3.63) is 76.2 Å². The van der Waals surface area contributed by atoms with Crippen LogP contribution in [0.5, 0.6) is 0 Å². The molecule has 0 unspecified atom stereocenters. The highest BCUT2D eigenvalue weighted by molar-refractivity contribution is 7.96. The van der Waals surface area contributed by atoms with Crippen LogP contribution in [0.4, 0.5) is 0 Å². The summed E-state index contributed by atoms with van der Waals surface area (Å²) in [6.45, 7) is 3.25. The van der Waals surface area contributed by atoms with Crippen molar-refractivity contribution in [3.63, 3.8) is 0 Å². The number of ketones is 1. The van der Waals surface area contributed by atoms with Gasteiger partial charge in [-0.25, -0.2) is 16.8 Å². The van der Waals surface area contributed by atoms with Crippen LogP contribution in [-0.2, 0) is 19.9 Å². The zero-order valence-corrected chi connectivity index (χ0v) is 16.3. The van der Waals surface area contributed by atoms with Crippen molar-refractivity contribution in [3.8, 4) is 0 Å². The number of hydrogen-bond donors (Lipinski definition) is 0. The first-order valence-corrected chi connectivity index (χ1v) is 11.2. The van der Waals surface area contributed by atoms with E-state index >= 15 is 0 Å². The predicted molar refractivity (Wildman–Crippen MR) is 103 cm³/mol. The number of carbonyl (C=O) groups is 1. The van der Waals surface area contributed by atoms with Gasteiger partial charge in [-0.2, -0.15) is 4.40 Å². The van der Waals surface area contributed by atoms with Crippen molar-refractivity contribution in [2.24, 2.45) is 4.40 Å². The lowest BCUT2D eigenvalue weighted by molar-refractivity contribution is 0.104. The summed E-state index contributed by atoms with van der Waals surface area (Å²) in [5, 5.41) is 0. The second-order valence-corrected chi connectivity index (χ2v) is 9.89. The quantitative estimate of drug-likeness (QED) is 0.782. The molecule has 0 atom stereocenters. The van der Waals surface area contributed by atoms with E-state index in [1.54, 1.807) is 30.3 Å². The van der Waals surface area contributed by atoms with E-state index in [1.807, 2.05) is 6.92 Å². The number of carbonyl (C=O) groups excluding carboxylic acids is 1. The van der Waals surface area contributed by atoms with E-state index in [1.165, 1.54) is 25.1 Å². The minimum atomic E-state index is -4.13. The van der Waals surface area contributed by atoms with Crippen molar-refractivity contribution in [1.29, 1.82) is 0 Å². The van der Waals surface area contributed by atoms with Gasteiger partial charge in [0, 0.05) is 11.1 Å². The van der Waals surface area contributed by atoms with E-state index in [4.69, 9.17) is 0 Å². The van der Waals surface area contributed by atoms with Crippen LogP contribution in [0.25, 0.3) is 0 Å². The molecule has 6 nitrogen and oxygen atoms in total. The zero-order chi connectivity index (χ0) is 19.8. The molecule has 0 N–H and O–H groups in total. The number of sulfone groups is 1. The molecule has 0 saturated carbocycles. The van der Waals surface area contributed by atoms with Crippen LogP contribution in [0.3, 0.4) is 0 Å². The Morgan fingerprint density at radius 2 is 1.48 bits per heavy atom. The van der Waals surface area contributed by atoms with E-state index in [9.17, 15) is 21.6 Å². The van der Waals surface area contributed by atoms with E-state index in [-0.39, 0.29) is 21.9 Å². The molecule has 2 aromatic rings. The standard InChI is InChI=1S/C19H17NO5S2/c1-3-26(22,23)20-17-12-18(19(21)16-7-5-4-6-15(16)17)27(24,25)14-10-8-13(2)9-11-14/h4-12H,3H2,1-2H3/b20-17+. The second kappa shape index (κ2) is 6.86. The molecular weight excluding hydrogens is 386 g/mol. The van der Waals surface area contributed by atoms with Crippen molar-refractivity contribution in [1.82, 2.24) is 0 Å². The third kappa shape index (κ3) is 3.63. The fourth-order valence-corrected chi connectivity index (χ4v) is 4.59. The van der Waals surface area contributed by atoms with Gasteiger partial charge in [0.05, 0.1) is 16.4 Å². The van der Waals surface area contributed by atoms with Crippen LogP contribution in [0, 0.1) is 6.92 Å². The molecule has 1 aliphatic carbocycles. The highest BCUT2D eigenvalue weighted by Crippen LogP contribution is 2.29. The number of Topliss-reactive ketones (excluding diaryl/α,β-unsaturated/α-hetero) is 1. The van der Waals surface area contributed by atoms with Crippen LogP contribution in [0.15, 0.2) is 68.8 Å². The SMILES string of the molecule is CCS(=O)(=O)/N=C1\C=C(S(=O)(=O)c2ccc(C)cc2)C(=O)c2ccccc21. The van der Waals surface area contributed by atoms with Gasteiger partial charge in [0.2, 0.25) is 15.6 Å². The molecule has 0 heterocycles. The fraction of sp³-hybridized carbons (Fsp3) is 0.158. The van der Waals surface area contributed by atoms with Crippen molar-refractivity contribution >= 4 is 31.4 Å². The van der Waals surface area contributed by atoms with E-state index in [2.05, 4.69) is 4.40 Å². The number of sulfonamides is 1. The van der Waals surface area contributed by atoms with Gasteiger partial charge in [0.1, 0.15) is 4.91 Å². The number of rotatable bonds is 4. The van der Waals surface area contributed by atoms with Gasteiger partial charge in [-0.05, 0) is 32.1 Å². The highest BCUT2D eigenvalue weighted by Gasteiger charge is 2.34. The molecule has 0 aliphatic heterocycles. The Morgan fingerprint density at radius 1 is 0.889 bits per heavy atom. The molecule has 0 saturated heterocycles. The molecule has 2 aromatic carbocycles. The molecule has 1 aliphatic rings. The summed E-state index contributed by atoms with van der Waals surface area (Å²) in [4.78, 5) is 12.3. The lowest BCUT2D eigenvalue weighted by Crippen LogP contribution is -2.23. The molecule has 140 valence electrons. The van der Waals surface area contributed by atoms with Crippen LogP contribution < -0.4 is 0 Å². The average Bonchev–Trinajstić information content (AvgIpc) is 2.64. The van der Waals surface area contributed by atoms with Gasteiger partial charge >= 0.3 is 0 Å². The Morgan fingerprint density at radius 3 is 2.07 bits per heavy atom. The van der Waals surface area contributed by atoms with E-state index < -0.39 is 30.5 Å². The van der Waals surface area contributed by atoms with Gasteiger partial charge in [0.15, 0.2) is 0 Å². The lowest BCUT2D eigenvalue weighted by Gasteiger charge is -2.17. The summed E-state index contributed by atoms with van der Waals surface area (Å²) in [6.07, 6.45) is 1.05. The molecule has 3 rings (SSSR count). The van der Waals surface area contributed by atoms with Crippen LogP contribution in [0.2, 0.25) is 0 Å². The minimum Gasteiger partial charge on any atom is -0.288 e. The fourth-order valence-electron chi connectivity index (χ4n) is 2.64. The first-order valence-electron chi connectivity index (χ1n) is 8.16. The molecule has 0 bridgehead atoms. The third-order valence-corrected chi connectivity index (χ3v) is 7.14. The summed E-state index contributed by atoms with van der Waals surface area (Å²) >= 11 is 0. The molecule has 0 fully saturated rings. The van der Waals surface area contributed by atoms with Crippen molar-refractivity contribution in [2.45, 2.75) is 18.7 Å². The molecule has 8 heteroatoms. The van der Waals surface area contributed by atoms with Crippen LogP contribution in [-0.4, -0.2) is 34.1 Å². The third-order valence-electron chi connectivity index (χ3n) is 4.16. The van der Waals surface area contributed by atoms with Crippen LogP contribution in [0.1, 0.15) is 28.4 Å². The summed E-state index contributed by atoms with van der Waals surface area (Å²) in [5.74, 6) is -0.917. The maximum atomic E-state index is 13.0. The smallest absolute Gasteiger partial charge is 0.253 e. The maximum absolute atomic E-state index is 13.0. The predicted octanol–water partition coefficient (Wildman–Crippen LogP) is 2.69. The first-order chi connectivity index (χ1) is 12.7. The first kappa shape index (κ1) is 19.2. The Balaban J connectivity index is 2.25. The van der Waals surface area contributed by atoms with Gasteiger partial charge in [-0.1, -0.05) is 42.0 Å².